The van der Waals surface area contributed by atoms with Crippen LogP contribution in [0.15, 0.2) is 53.2 Å². The van der Waals surface area contributed by atoms with Crippen LogP contribution in [0, 0.1) is 0 Å². The zero-order chi connectivity index (χ0) is 20.9. The molecule has 152 valence electrons. The Bertz CT molecular complexity index is 942. The fourth-order valence-electron chi connectivity index (χ4n) is 2.54. The summed E-state index contributed by atoms with van der Waals surface area (Å²) in [6.07, 6.45) is -3.47. The van der Waals surface area contributed by atoms with E-state index in [1.54, 1.807) is 0 Å². The zero-order valence-electron chi connectivity index (χ0n) is 15.5. The van der Waals surface area contributed by atoms with Crippen molar-refractivity contribution in [3.8, 4) is 11.5 Å². The number of benzene rings is 1. The monoisotopic (exact) mass is 405 g/mol. The Labute approximate surface area is 164 Å². The summed E-state index contributed by atoms with van der Waals surface area (Å²) in [7, 11) is 1.95. The van der Waals surface area contributed by atoms with Gasteiger partial charge in [0, 0.05) is 25.8 Å². The highest BCUT2D eigenvalue weighted by Crippen LogP contribution is 2.28. The number of hydrogen-bond acceptors (Lipinski definition) is 6. The van der Waals surface area contributed by atoms with Crippen LogP contribution in [-0.4, -0.2) is 46.1 Å². The van der Waals surface area contributed by atoms with E-state index < -0.39 is 12.1 Å². The van der Waals surface area contributed by atoms with Gasteiger partial charge in [0.25, 0.3) is 5.91 Å². The maximum absolute atomic E-state index is 12.5. The molecule has 1 aromatic carbocycles. The number of carbonyl (C=O) groups excluding carboxylic acids is 1. The van der Waals surface area contributed by atoms with Gasteiger partial charge >= 0.3 is 12.1 Å². The van der Waals surface area contributed by atoms with Crippen LogP contribution in [0.5, 0.6) is 0 Å². The molecule has 0 aliphatic carbocycles. The van der Waals surface area contributed by atoms with Gasteiger partial charge in [0.15, 0.2) is 0 Å². The van der Waals surface area contributed by atoms with Gasteiger partial charge in [-0.25, -0.2) is 0 Å². The number of nitrogens with one attached hydrogen (secondary N) is 1. The third-order valence-electron chi connectivity index (χ3n) is 4.00. The highest BCUT2D eigenvalue weighted by Gasteiger charge is 2.38. The second kappa shape index (κ2) is 8.82. The maximum Gasteiger partial charge on any atom is 0.471 e. The van der Waals surface area contributed by atoms with Crippen LogP contribution in [0.2, 0.25) is 0 Å². The number of nitrogens with zero attached hydrogens (tertiary/aromatic N) is 4. The SMILES string of the molecule is CN(CCNC(=O)c1ccc(-c2noc(C(F)(F)F)n2)nc1)Cc1ccccc1. The van der Waals surface area contributed by atoms with E-state index in [1.807, 2.05) is 37.4 Å². The topological polar surface area (TPSA) is 84.2 Å². The summed E-state index contributed by atoms with van der Waals surface area (Å²) < 4.78 is 41.7. The molecule has 0 saturated heterocycles. The van der Waals surface area contributed by atoms with Gasteiger partial charge < -0.3 is 14.7 Å². The Morgan fingerprint density at radius 1 is 1.17 bits per heavy atom. The number of alkyl halides is 3. The largest absolute Gasteiger partial charge is 0.471 e. The average Bonchev–Trinajstić information content (AvgIpc) is 3.19. The van der Waals surface area contributed by atoms with Crippen LogP contribution >= 0.6 is 0 Å². The molecule has 0 unspecified atom stereocenters. The molecule has 0 bridgehead atoms. The third-order valence-corrected chi connectivity index (χ3v) is 4.00. The van der Waals surface area contributed by atoms with Crippen LogP contribution in [0.25, 0.3) is 11.5 Å². The quantitative estimate of drug-likeness (QED) is 0.651. The predicted molar refractivity (Wildman–Crippen MR) is 97.6 cm³/mol. The Morgan fingerprint density at radius 3 is 2.55 bits per heavy atom. The van der Waals surface area contributed by atoms with Crippen LogP contribution < -0.4 is 5.32 Å². The van der Waals surface area contributed by atoms with Crippen LogP contribution in [0.4, 0.5) is 13.2 Å². The number of pyridine rings is 1. The summed E-state index contributed by atoms with van der Waals surface area (Å²) in [4.78, 5) is 21.5. The number of amides is 1. The van der Waals surface area contributed by atoms with Gasteiger partial charge in [0.2, 0.25) is 5.82 Å². The van der Waals surface area contributed by atoms with Crippen LogP contribution in [0.1, 0.15) is 21.8 Å². The Morgan fingerprint density at radius 2 is 1.93 bits per heavy atom. The van der Waals surface area contributed by atoms with Gasteiger partial charge in [-0.2, -0.15) is 18.2 Å². The van der Waals surface area contributed by atoms with Crippen molar-refractivity contribution in [1.29, 1.82) is 0 Å². The lowest BCUT2D eigenvalue weighted by molar-refractivity contribution is -0.159. The van der Waals surface area contributed by atoms with Gasteiger partial charge in [-0.1, -0.05) is 35.5 Å². The molecule has 2 aromatic heterocycles. The predicted octanol–water partition coefficient (Wildman–Crippen LogP) is 3.01. The lowest BCUT2D eigenvalue weighted by Crippen LogP contribution is -2.32. The Kier molecular flexibility index (Phi) is 6.23. The lowest BCUT2D eigenvalue weighted by Gasteiger charge is -2.17. The molecule has 3 aromatic rings. The first kappa shape index (κ1) is 20.5. The fraction of sp³-hybridized carbons (Fsp3) is 0.263. The van der Waals surface area contributed by atoms with Crippen molar-refractivity contribution in [2.75, 3.05) is 20.1 Å². The molecule has 3 rings (SSSR count). The first-order chi connectivity index (χ1) is 13.8. The van der Waals surface area contributed by atoms with Crippen molar-refractivity contribution in [2.45, 2.75) is 12.7 Å². The van der Waals surface area contributed by atoms with E-state index in [0.29, 0.717) is 13.1 Å². The Balaban J connectivity index is 1.50. The average molecular weight is 405 g/mol. The molecule has 7 nitrogen and oxygen atoms in total. The van der Waals surface area contributed by atoms with E-state index in [4.69, 9.17) is 0 Å². The van der Waals surface area contributed by atoms with E-state index in [1.165, 1.54) is 23.9 Å². The van der Waals surface area contributed by atoms with Gasteiger partial charge in [0.05, 0.1) is 5.56 Å². The zero-order valence-corrected chi connectivity index (χ0v) is 15.5. The summed E-state index contributed by atoms with van der Waals surface area (Å²) in [5, 5.41) is 6.04. The van der Waals surface area contributed by atoms with Crippen molar-refractivity contribution in [1.82, 2.24) is 25.3 Å². The molecule has 0 fully saturated rings. The van der Waals surface area contributed by atoms with Crippen molar-refractivity contribution in [2.24, 2.45) is 0 Å². The minimum Gasteiger partial charge on any atom is -0.351 e. The number of aromatic nitrogens is 3. The van der Waals surface area contributed by atoms with Gasteiger partial charge in [0.1, 0.15) is 5.69 Å². The molecular weight excluding hydrogens is 387 g/mol. The van der Waals surface area contributed by atoms with Crippen molar-refractivity contribution in [3.63, 3.8) is 0 Å². The van der Waals surface area contributed by atoms with Crippen molar-refractivity contribution in [3.05, 3.63) is 65.7 Å². The fourth-order valence-corrected chi connectivity index (χ4v) is 2.54. The molecule has 29 heavy (non-hydrogen) atoms. The van der Waals surface area contributed by atoms with Gasteiger partial charge in [-0.3, -0.25) is 9.78 Å². The second-order valence-electron chi connectivity index (χ2n) is 6.33. The molecule has 0 spiro atoms. The molecule has 0 aliphatic heterocycles. The molecule has 0 aliphatic rings. The molecule has 1 N–H and O–H groups in total. The minimum atomic E-state index is -4.72. The molecule has 0 saturated carbocycles. The molecule has 0 atom stereocenters. The summed E-state index contributed by atoms with van der Waals surface area (Å²) in [6.45, 7) is 1.84. The maximum atomic E-state index is 12.5. The van der Waals surface area contributed by atoms with Crippen LogP contribution in [-0.2, 0) is 12.7 Å². The molecule has 10 heteroatoms. The van der Waals surface area contributed by atoms with E-state index in [9.17, 15) is 18.0 Å². The van der Waals surface area contributed by atoms with Gasteiger partial charge in [-0.15, -0.1) is 0 Å². The highest BCUT2D eigenvalue weighted by atomic mass is 19.4. The standard InChI is InChI=1S/C19H18F3N5O2/c1-27(12-13-5-3-2-4-6-13)10-9-23-17(28)14-7-8-15(24-11-14)16-25-18(29-26-16)19(20,21)22/h2-8,11H,9-10,12H2,1H3,(H,23,28). The summed E-state index contributed by atoms with van der Waals surface area (Å²) in [6, 6.07) is 12.8. The number of likely N-dealkylation sites (N-methyl/N-ethyl adjacent to an activating group) is 1. The number of hydrogen-bond donors (Lipinski definition) is 1. The minimum absolute atomic E-state index is 0.0726. The van der Waals surface area contributed by atoms with Crippen molar-refractivity contribution >= 4 is 5.91 Å². The van der Waals surface area contributed by atoms with Gasteiger partial charge in [-0.05, 0) is 24.7 Å². The van der Waals surface area contributed by atoms with Crippen molar-refractivity contribution < 1.29 is 22.5 Å². The van der Waals surface area contributed by atoms with E-state index in [-0.39, 0.29) is 23.0 Å². The highest BCUT2D eigenvalue weighted by molar-refractivity contribution is 5.94. The second-order valence-corrected chi connectivity index (χ2v) is 6.33. The van der Waals surface area contributed by atoms with E-state index >= 15 is 0 Å². The number of rotatable bonds is 7. The first-order valence-corrected chi connectivity index (χ1v) is 8.71. The smallest absolute Gasteiger partial charge is 0.351 e. The van der Waals surface area contributed by atoms with Crippen LogP contribution in [0.3, 0.4) is 0 Å². The molecule has 0 radical (unpaired) electrons. The molecular formula is C19H18F3N5O2. The molecule has 1 amide bonds. The summed E-state index contributed by atoms with van der Waals surface area (Å²) in [5.74, 6) is -2.08. The number of carbonyl (C=O) groups is 1. The normalized spacial score (nSPS) is 11.6. The first-order valence-electron chi connectivity index (χ1n) is 8.71. The summed E-state index contributed by atoms with van der Waals surface area (Å²) in [5.41, 5.74) is 1.53. The van der Waals surface area contributed by atoms with E-state index in [0.717, 1.165) is 6.54 Å². The summed E-state index contributed by atoms with van der Waals surface area (Å²) >= 11 is 0. The van der Waals surface area contributed by atoms with E-state index in [2.05, 4.69) is 29.9 Å². The molecule has 2 heterocycles. The Hall–Kier alpha value is -3.27. The number of halogens is 3. The third kappa shape index (κ3) is 5.61. The lowest BCUT2D eigenvalue weighted by atomic mass is 10.2.